The number of nitrogens with one attached hydrogen (secondary N) is 1. The van der Waals surface area contributed by atoms with E-state index in [0.717, 1.165) is 19.6 Å². The van der Waals surface area contributed by atoms with Gasteiger partial charge in [0.05, 0.1) is 0 Å². The second-order valence-electron chi connectivity index (χ2n) is 4.46. The molecule has 0 aliphatic carbocycles. The van der Waals surface area contributed by atoms with Crippen LogP contribution in [0.5, 0.6) is 0 Å². The van der Waals surface area contributed by atoms with Crippen molar-refractivity contribution in [1.29, 1.82) is 0 Å². The van der Waals surface area contributed by atoms with Crippen LogP contribution in [0.25, 0.3) is 0 Å². The predicted molar refractivity (Wildman–Crippen MR) is 54.5 cm³/mol. The van der Waals surface area contributed by atoms with Gasteiger partial charge in [-0.05, 0) is 32.4 Å². The van der Waals surface area contributed by atoms with Crippen LogP contribution in [0.15, 0.2) is 0 Å². The molecule has 0 spiro atoms. The first-order chi connectivity index (χ1) is 6.68. The number of hydrazine groups is 1. The zero-order chi connectivity index (χ0) is 10.1. The summed E-state index contributed by atoms with van der Waals surface area (Å²) < 4.78 is 0. The molecule has 0 radical (unpaired) electrons. The Hall–Kier alpha value is -0.610. The summed E-state index contributed by atoms with van der Waals surface area (Å²) >= 11 is 0. The van der Waals surface area contributed by atoms with Gasteiger partial charge in [-0.25, -0.2) is 5.01 Å². The van der Waals surface area contributed by atoms with Crippen molar-refractivity contribution in [3.8, 4) is 0 Å². The van der Waals surface area contributed by atoms with E-state index in [9.17, 15) is 4.79 Å². The summed E-state index contributed by atoms with van der Waals surface area (Å²) in [7, 11) is 2.01. The van der Waals surface area contributed by atoms with Crippen LogP contribution in [-0.2, 0) is 4.79 Å². The van der Waals surface area contributed by atoms with E-state index in [1.54, 1.807) is 0 Å². The van der Waals surface area contributed by atoms with Gasteiger partial charge in [-0.1, -0.05) is 0 Å². The van der Waals surface area contributed by atoms with Gasteiger partial charge in [0.2, 0.25) is 5.91 Å². The molecule has 0 saturated carbocycles. The average molecular weight is 197 g/mol. The Labute approximate surface area is 85.2 Å². The third-order valence-electron chi connectivity index (χ3n) is 3.37. The van der Waals surface area contributed by atoms with E-state index in [-0.39, 0.29) is 5.91 Å². The molecule has 2 fully saturated rings. The van der Waals surface area contributed by atoms with E-state index in [1.807, 2.05) is 12.1 Å². The van der Waals surface area contributed by atoms with Gasteiger partial charge in [-0.15, -0.1) is 0 Å². The van der Waals surface area contributed by atoms with Gasteiger partial charge in [0.1, 0.15) is 0 Å². The molecule has 2 aliphatic heterocycles. The molecule has 2 saturated heterocycles. The van der Waals surface area contributed by atoms with Gasteiger partial charge in [-0.3, -0.25) is 9.80 Å². The van der Waals surface area contributed by atoms with Gasteiger partial charge in [0, 0.05) is 26.1 Å². The highest BCUT2D eigenvalue weighted by atomic mass is 16.2. The van der Waals surface area contributed by atoms with Crippen LogP contribution in [0, 0.1) is 5.92 Å². The van der Waals surface area contributed by atoms with Gasteiger partial charge in [0.15, 0.2) is 0 Å². The van der Waals surface area contributed by atoms with E-state index in [2.05, 4.69) is 17.2 Å². The maximum Gasteiger partial charge on any atom is 0.238 e. The van der Waals surface area contributed by atoms with Crippen LogP contribution in [0.1, 0.15) is 19.8 Å². The predicted octanol–water partition coefficient (Wildman–Crippen LogP) is 0.0635. The molecule has 2 rings (SSSR count). The smallest absolute Gasteiger partial charge is 0.238 e. The first kappa shape index (κ1) is 9.93. The molecule has 80 valence electrons. The lowest BCUT2D eigenvalue weighted by Gasteiger charge is -2.28. The first-order valence-electron chi connectivity index (χ1n) is 5.42. The lowest BCUT2D eigenvalue weighted by Crippen LogP contribution is -2.42. The minimum atomic E-state index is 0.284. The average Bonchev–Trinajstić information content (AvgIpc) is 2.71. The third-order valence-corrected chi connectivity index (χ3v) is 3.37. The lowest BCUT2D eigenvalue weighted by atomic mass is 10.1. The fraction of sp³-hybridized carbons (Fsp3) is 0.900. The fourth-order valence-electron chi connectivity index (χ4n) is 2.25. The summed E-state index contributed by atoms with van der Waals surface area (Å²) in [5.74, 6) is 0.929. The van der Waals surface area contributed by atoms with Crippen LogP contribution in [0.2, 0.25) is 0 Å². The second kappa shape index (κ2) is 3.87. The Bertz CT molecular complexity index is 225. The van der Waals surface area contributed by atoms with Gasteiger partial charge < -0.3 is 5.32 Å². The molecule has 2 aliphatic rings. The van der Waals surface area contributed by atoms with Crippen LogP contribution >= 0.6 is 0 Å². The van der Waals surface area contributed by atoms with Crippen LogP contribution < -0.4 is 5.32 Å². The van der Waals surface area contributed by atoms with E-state index in [0.29, 0.717) is 18.4 Å². The van der Waals surface area contributed by atoms with E-state index in [4.69, 9.17) is 0 Å². The van der Waals surface area contributed by atoms with Crippen molar-refractivity contribution in [2.75, 3.05) is 26.7 Å². The molecule has 2 unspecified atom stereocenters. The molecule has 0 aromatic rings. The summed E-state index contributed by atoms with van der Waals surface area (Å²) in [5, 5.41) is 7.33. The maximum absolute atomic E-state index is 11.6. The van der Waals surface area contributed by atoms with Crippen molar-refractivity contribution in [3.63, 3.8) is 0 Å². The Kier molecular flexibility index (Phi) is 2.74. The van der Waals surface area contributed by atoms with Crippen molar-refractivity contribution in [1.82, 2.24) is 15.3 Å². The SMILES string of the molecule is CC1CC(=O)N(CC2CCNC2)N1C. The first-order valence-corrected chi connectivity index (χ1v) is 5.42. The Balaban J connectivity index is 1.92. The lowest BCUT2D eigenvalue weighted by molar-refractivity contribution is -0.138. The monoisotopic (exact) mass is 197 g/mol. The summed E-state index contributed by atoms with van der Waals surface area (Å²) in [5.41, 5.74) is 0. The maximum atomic E-state index is 11.6. The van der Waals surface area contributed by atoms with Gasteiger partial charge >= 0.3 is 0 Å². The molecule has 2 atom stereocenters. The number of nitrogens with zero attached hydrogens (tertiary/aromatic N) is 2. The zero-order valence-electron chi connectivity index (χ0n) is 8.99. The van der Waals surface area contributed by atoms with Crippen molar-refractivity contribution in [2.24, 2.45) is 5.92 Å². The second-order valence-corrected chi connectivity index (χ2v) is 4.46. The molecular weight excluding hydrogens is 178 g/mol. The molecular formula is C10H19N3O. The largest absolute Gasteiger partial charge is 0.316 e. The van der Waals surface area contributed by atoms with Crippen molar-refractivity contribution in [2.45, 2.75) is 25.8 Å². The highest BCUT2D eigenvalue weighted by Gasteiger charge is 2.33. The quantitative estimate of drug-likeness (QED) is 0.680. The molecule has 1 amide bonds. The van der Waals surface area contributed by atoms with Gasteiger partial charge in [-0.2, -0.15) is 0 Å². The number of carbonyl (C=O) groups excluding carboxylic acids is 1. The molecule has 2 heterocycles. The van der Waals surface area contributed by atoms with E-state index >= 15 is 0 Å². The summed E-state index contributed by atoms with van der Waals surface area (Å²) in [6.07, 6.45) is 1.88. The topological polar surface area (TPSA) is 35.6 Å². The van der Waals surface area contributed by atoms with Crippen molar-refractivity contribution < 1.29 is 4.79 Å². The highest BCUT2D eigenvalue weighted by molar-refractivity contribution is 5.78. The summed E-state index contributed by atoms with van der Waals surface area (Å²) in [6, 6.07) is 0.372. The Morgan fingerprint density at radius 2 is 2.36 bits per heavy atom. The number of carbonyl (C=O) groups is 1. The molecule has 1 N–H and O–H groups in total. The van der Waals surface area contributed by atoms with Crippen LogP contribution in [0.3, 0.4) is 0 Å². The number of amides is 1. The van der Waals surface area contributed by atoms with Gasteiger partial charge in [0.25, 0.3) is 0 Å². The van der Waals surface area contributed by atoms with Crippen molar-refractivity contribution in [3.05, 3.63) is 0 Å². The summed E-state index contributed by atoms with van der Waals surface area (Å²) in [4.78, 5) is 11.6. The molecule has 14 heavy (non-hydrogen) atoms. The Morgan fingerprint density at radius 1 is 1.57 bits per heavy atom. The molecule has 4 heteroatoms. The third kappa shape index (κ3) is 1.77. The van der Waals surface area contributed by atoms with E-state index in [1.165, 1.54) is 6.42 Å². The van der Waals surface area contributed by atoms with Crippen LogP contribution in [0.4, 0.5) is 0 Å². The minimum absolute atomic E-state index is 0.284. The molecule has 4 nitrogen and oxygen atoms in total. The summed E-state index contributed by atoms with van der Waals surface area (Å²) in [6.45, 7) is 5.16. The highest BCUT2D eigenvalue weighted by Crippen LogP contribution is 2.20. The molecule has 0 aromatic heterocycles. The Morgan fingerprint density at radius 3 is 2.86 bits per heavy atom. The standard InChI is InChI=1S/C10H19N3O/c1-8-5-10(14)13(12(8)2)7-9-3-4-11-6-9/h8-9,11H,3-7H2,1-2H3. The fourth-order valence-corrected chi connectivity index (χ4v) is 2.25. The number of rotatable bonds is 2. The molecule has 0 aromatic carbocycles. The van der Waals surface area contributed by atoms with E-state index < -0.39 is 0 Å². The minimum Gasteiger partial charge on any atom is -0.316 e. The zero-order valence-corrected chi connectivity index (χ0v) is 8.99. The number of hydrogen-bond donors (Lipinski definition) is 1. The number of hydrogen-bond acceptors (Lipinski definition) is 3. The normalized spacial score (nSPS) is 34.4. The van der Waals surface area contributed by atoms with Crippen molar-refractivity contribution >= 4 is 5.91 Å². The van der Waals surface area contributed by atoms with Crippen LogP contribution in [-0.4, -0.2) is 48.6 Å². The molecule has 0 bridgehead atoms.